The number of ether oxygens (including phenoxy) is 1. The Hall–Kier alpha value is -3.24. The lowest BCUT2D eigenvalue weighted by atomic mass is 9.78. The fourth-order valence-corrected chi connectivity index (χ4v) is 4.73. The van der Waals surface area contributed by atoms with E-state index in [1.165, 1.54) is 0 Å². The summed E-state index contributed by atoms with van der Waals surface area (Å²) in [6.45, 7) is 0. The highest BCUT2D eigenvalue weighted by Crippen LogP contribution is 2.45. The molecule has 0 radical (unpaired) electrons. The van der Waals surface area contributed by atoms with Gasteiger partial charge in [0.2, 0.25) is 0 Å². The summed E-state index contributed by atoms with van der Waals surface area (Å²) in [7, 11) is 1.66. The highest BCUT2D eigenvalue weighted by atomic mass is 35.5. The van der Waals surface area contributed by atoms with Gasteiger partial charge in [-0.2, -0.15) is 0 Å². The van der Waals surface area contributed by atoms with Crippen LogP contribution in [0.25, 0.3) is 0 Å². The van der Waals surface area contributed by atoms with Crippen molar-refractivity contribution in [2.45, 2.75) is 24.8 Å². The molecular formula is C26H23ClN2O2. The number of hydrogen-bond donors (Lipinski definition) is 2. The van der Waals surface area contributed by atoms with E-state index < -0.39 is 0 Å². The molecule has 2 N–H and O–H groups in total. The average molecular weight is 431 g/mol. The monoisotopic (exact) mass is 430 g/mol. The van der Waals surface area contributed by atoms with Crippen LogP contribution in [0.4, 0.5) is 11.4 Å². The van der Waals surface area contributed by atoms with Gasteiger partial charge in [-0.05, 0) is 48.2 Å². The van der Waals surface area contributed by atoms with Gasteiger partial charge >= 0.3 is 0 Å². The maximum absolute atomic E-state index is 13.6. The van der Waals surface area contributed by atoms with E-state index in [0.29, 0.717) is 11.4 Å². The van der Waals surface area contributed by atoms with Crippen LogP contribution in [-0.2, 0) is 4.79 Å². The molecule has 3 aromatic carbocycles. The number of hydrogen-bond acceptors (Lipinski definition) is 4. The van der Waals surface area contributed by atoms with Crippen LogP contribution in [0.15, 0.2) is 84.1 Å². The Morgan fingerprint density at radius 2 is 1.61 bits per heavy atom. The van der Waals surface area contributed by atoms with E-state index in [2.05, 4.69) is 10.6 Å². The molecule has 1 aliphatic heterocycles. The van der Waals surface area contributed by atoms with E-state index in [4.69, 9.17) is 16.3 Å². The van der Waals surface area contributed by atoms with Crippen molar-refractivity contribution in [3.63, 3.8) is 0 Å². The van der Waals surface area contributed by atoms with Crippen molar-refractivity contribution in [3.8, 4) is 5.75 Å². The molecular weight excluding hydrogens is 408 g/mol. The van der Waals surface area contributed by atoms with Crippen molar-refractivity contribution in [3.05, 3.63) is 100 Å². The van der Waals surface area contributed by atoms with Crippen LogP contribution in [0.3, 0.4) is 0 Å². The van der Waals surface area contributed by atoms with Crippen molar-refractivity contribution in [2.24, 2.45) is 0 Å². The Morgan fingerprint density at radius 1 is 0.903 bits per heavy atom. The summed E-state index contributed by atoms with van der Waals surface area (Å²) in [4.78, 5) is 13.6. The largest absolute Gasteiger partial charge is 0.496 e. The molecule has 2 atom stereocenters. The molecule has 0 aromatic heterocycles. The highest BCUT2D eigenvalue weighted by Gasteiger charge is 2.36. The molecule has 5 rings (SSSR count). The SMILES string of the molecule is COc1ccccc1[C@H]1Nc2ccccc2NC2=C1C(=O)C[C@H](c1ccc(Cl)cc1)C2. The van der Waals surface area contributed by atoms with Gasteiger partial charge in [-0.15, -0.1) is 0 Å². The van der Waals surface area contributed by atoms with Gasteiger partial charge in [-0.25, -0.2) is 0 Å². The highest BCUT2D eigenvalue weighted by molar-refractivity contribution is 6.30. The topological polar surface area (TPSA) is 50.4 Å². The second-order valence-corrected chi connectivity index (χ2v) is 8.40. The van der Waals surface area contributed by atoms with Gasteiger partial charge in [0.15, 0.2) is 5.78 Å². The molecule has 0 unspecified atom stereocenters. The molecule has 2 aliphatic rings. The predicted molar refractivity (Wildman–Crippen MR) is 125 cm³/mol. The van der Waals surface area contributed by atoms with Crippen LogP contribution < -0.4 is 15.4 Å². The van der Waals surface area contributed by atoms with E-state index in [-0.39, 0.29) is 17.7 Å². The van der Waals surface area contributed by atoms with Gasteiger partial charge in [-0.3, -0.25) is 4.79 Å². The Balaban J connectivity index is 1.62. The summed E-state index contributed by atoms with van der Waals surface area (Å²) >= 11 is 6.07. The summed E-state index contributed by atoms with van der Waals surface area (Å²) in [6.07, 6.45) is 1.22. The van der Waals surface area contributed by atoms with E-state index in [1.54, 1.807) is 7.11 Å². The number of benzene rings is 3. The van der Waals surface area contributed by atoms with Gasteiger partial charge in [0, 0.05) is 28.3 Å². The summed E-state index contributed by atoms with van der Waals surface area (Å²) in [5.74, 6) is 1.02. The molecule has 0 amide bonds. The maximum atomic E-state index is 13.6. The molecule has 156 valence electrons. The number of allylic oxidation sites excluding steroid dienone is 1. The molecule has 1 heterocycles. The molecule has 5 heteroatoms. The van der Waals surface area contributed by atoms with Crippen molar-refractivity contribution >= 4 is 28.8 Å². The van der Waals surface area contributed by atoms with Crippen molar-refractivity contribution < 1.29 is 9.53 Å². The fourth-order valence-electron chi connectivity index (χ4n) is 4.60. The Kier molecular flexibility index (Phi) is 5.16. The van der Waals surface area contributed by atoms with E-state index >= 15 is 0 Å². The molecule has 31 heavy (non-hydrogen) atoms. The number of rotatable bonds is 3. The second kappa shape index (κ2) is 8.12. The zero-order valence-corrected chi connectivity index (χ0v) is 17.9. The summed E-state index contributed by atoms with van der Waals surface area (Å²) in [5.41, 5.74) is 5.76. The number of nitrogens with one attached hydrogen (secondary N) is 2. The number of halogens is 1. The average Bonchev–Trinajstić information content (AvgIpc) is 2.96. The number of fused-ring (bicyclic) bond motifs is 1. The Morgan fingerprint density at radius 3 is 2.39 bits per heavy atom. The summed E-state index contributed by atoms with van der Waals surface area (Å²) < 4.78 is 5.64. The second-order valence-electron chi connectivity index (χ2n) is 7.96. The molecule has 0 saturated heterocycles. The normalized spacial score (nSPS) is 20.1. The minimum Gasteiger partial charge on any atom is -0.496 e. The van der Waals surface area contributed by atoms with Crippen molar-refractivity contribution in [1.82, 2.24) is 0 Å². The molecule has 3 aromatic rings. The fraction of sp³-hybridized carbons (Fsp3) is 0.192. The Labute approximate surface area is 186 Å². The van der Waals surface area contributed by atoms with Crippen molar-refractivity contribution in [2.75, 3.05) is 17.7 Å². The Bertz CT molecular complexity index is 1170. The zero-order chi connectivity index (χ0) is 21.4. The van der Waals surface area contributed by atoms with Crippen LogP contribution >= 0.6 is 11.6 Å². The van der Waals surface area contributed by atoms with E-state index in [1.807, 2.05) is 72.8 Å². The van der Waals surface area contributed by atoms with Gasteiger partial charge in [0.05, 0.1) is 24.5 Å². The number of methoxy groups -OCH3 is 1. The molecule has 4 nitrogen and oxygen atoms in total. The van der Waals surface area contributed by atoms with Gasteiger partial charge in [0.1, 0.15) is 5.75 Å². The molecule has 1 aliphatic carbocycles. The smallest absolute Gasteiger partial charge is 0.163 e. The number of carbonyl (C=O) groups excluding carboxylic acids is 1. The van der Waals surface area contributed by atoms with Crippen LogP contribution in [0.5, 0.6) is 5.75 Å². The number of anilines is 2. The van der Waals surface area contributed by atoms with Gasteiger partial charge < -0.3 is 15.4 Å². The first-order valence-electron chi connectivity index (χ1n) is 10.4. The minimum absolute atomic E-state index is 0.111. The van der Waals surface area contributed by atoms with E-state index in [9.17, 15) is 4.79 Å². The maximum Gasteiger partial charge on any atom is 0.163 e. The first-order valence-corrected chi connectivity index (χ1v) is 10.8. The van der Waals surface area contributed by atoms with Crippen LogP contribution in [0.2, 0.25) is 5.02 Å². The number of carbonyl (C=O) groups is 1. The third-order valence-corrected chi connectivity index (χ3v) is 6.35. The number of para-hydroxylation sites is 3. The minimum atomic E-state index is -0.291. The van der Waals surface area contributed by atoms with Crippen molar-refractivity contribution in [1.29, 1.82) is 0 Å². The third kappa shape index (κ3) is 3.68. The van der Waals surface area contributed by atoms with Gasteiger partial charge in [-0.1, -0.05) is 54.1 Å². The first kappa shape index (κ1) is 19.7. The lowest BCUT2D eigenvalue weighted by Gasteiger charge is -2.30. The lowest BCUT2D eigenvalue weighted by Crippen LogP contribution is -2.27. The molecule has 0 bridgehead atoms. The van der Waals surface area contributed by atoms with Gasteiger partial charge in [0.25, 0.3) is 0 Å². The first-order chi connectivity index (χ1) is 15.1. The molecule has 0 fully saturated rings. The van der Waals surface area contributed by atoms with Crippen LogP contribution in [0.1, 0.15) is 35.9 Å². The number of Topliss-reactive ketones (excluding diaryl/α,β-unsaturated/α-hetero) is 1. The number of ketones is 1. The van der Waals surface area contributed by atoms with Crippen LogP contribution in [0, 0.1) is 0 Å². The quantitative estimate of drug-likeness (QED) is 0.509. The standard InChI is InChI=1S/C26H23ClN2O2/c1-31-24-9-5-2-6-19(24)26-25-22(28-20-7-3-4-8-21(20)29-26)14-17(15-23(25)30)16-10-12-18(27)13-11-16/h2-13,17,26,28-29H,14-15H2,1H3/t17-,26-/m1/s1. The summed E-state index contributed by atoms with van der Waals surface area (Å²) in [6, 6.07) is 23.5. The van der Waals surface area contributed by atoms with E-state index in [0.717, 1.165) is 45.9 Å². The zero-order valence-electron chi connectivity index (χ0n) is 17.2. The molecule has 0 saturated carbocycles. The summed E-state index contributed by atoms with van der Waals surface area (Å²) in [5, 5.41) is 7.87. The third-order valence-electron chi connectivity index (χ3n) is 6.10. The molecule has 0 spiro atoms. The predicted octanol–water partition coefficient (Wildman–Crippen LogP) is 6.33. The lowest BCUT2D eigenvalue weighted by molar-refractivity contribution is -0.116. The van der Waals surface area contributed by atoms with Crippen LogP contribution in [-0.4, -0.2) is 12.9 Å².